The Morgan fingerprint density at radius 2 is 1.94 bits per heavy atom. The van der Waals surface area contributed by atoms with E-state index in [0.29, 0.717) is 23.4 Å². The van der Waals surface area contributed by atoms with Crippen LogP contribution in [0.15, 0.2) is 63.0 Å². The normalized spacial score (nSPS) is 19.6. The summed E-state index contributed by atoms with van der Waals surface area (Å²) in [4.78, 5) is 29.6. The fourth-order valence-corrected chi connectivity index (χ4v) is 7.68. The largest absolute Gasteiger partial charge is 0.494 e. The third-order valence-electron chi connectivity index (χ3n) is 10.6. The molecule has 1 aliphatic carbocycles. The number of rotatable bonds is 12. The summed E-state index contributed by atoms with van der Waals surface area (Å²) in [5.74, 6) is 1.36. The van der Waals surface area contributed by atoms with Gasteiger partial charge in [-0.3, -0.25) is 14.5 Å². The number of likely N-dealkylation sites (tertiary alicyclic amines) is 1. The van der Waals surface area contributed by atoms with Crippen LogP contribution in [0.3, 0.4) is 0 Å². The lowest BCUT2D eigenvalue weighted by molar-refractivity contribution is 0.0892. The van der Waals surface area contributed by atoms with Crippen molar-refractivity contribution >= 4 is 41.6 Å². The van der Waals surface area contributed by atoms with Crippen molar-refractivity contribution < 1.29 is 14.3 Å². The van der Waals surface area contributed by atoms with E-state index in [9.17, 15) is 4.79 Å². The molecule has 0 radical (unpaired) electrons. The second-order valence-corrected chi connectivity index (χ2v) is 14.0. The fraction of sp³-hybridized carbons (Fsp3) is 0.463. The van der Waals surface area contributed by atoms with Crippen molar-refractivity contribution in [2.24, 2.45) is 27.9 Å². The van der Waals surface area contributed by atoms with E-state index in [2.05, 4.69) is 46.4 Å². The van der Waals surface area contributed by atoms with Crippen molar-refractivity contribution in [1.29, 1.82) is 5.41 Å². The summed E-state index contributed by atoms with van der Waals surface area (Å²) in [7, 11) is 7.13. The summed E-state index contributed by atoms with van der Waals surface area (Å²) in [6.07, 6.45) is 11.2. The number of aryl methyl sites for hydroxylation is 2. The Balaban J connectivity index is 1.20. The highest BCUT2D eigenvalue weighted by Gasteiger charge is 2.30. The van der Waals surface area contributed by atoms with Crippen LogP contribution in [0.25, 0.3) is 5.57 Å². The van der Waals surface area contributed by atoms with Crippen LogP contribution < -0.4 is 10.1 Å². The van der Waals surface area contributed by atoms with E-state index in [4.69, 9.17) is 30.0 Å². The van der Waals surface area contributed by atoms with Gasteiger partial charge in [-0.1, -0.05) is 31.2 Å². The Labute approximate surface area is 307 Å². The molecule has 2 aliphatic heterocycles. The zero-order chi connectivity index (χ0) is 36.6. The number of hydrogen-bond donors (Lipinski definition) is 2. The minimum absolute atomic E-state index is 0.0919. The van der Waals surface area contributed by atoms with E-state index in [0.717, 1.165) is 81.9 Å². The highest BCUT2D eigenvalue weighted by Crippen LogP contribution is 2.41. The van der Waals surface area contributed by atoms with Gasteiger partial charge in [0.15, 0.2) is 0 Å². The molecule has 0 saturated carbocycles. The Hall–Kier alpha value is -4.74. The molecule has 52 heavy (non-hydrogen) atoms. The van der Waals surface area contributed by atoms with Crippen molar-refractivity contribution in [2.75, 3.05) is 47.5 Å². The van der Waals surface area contributed by atoms with Crippen LogP contribution in [0.2, 0.25) is 0 Å². The lowest BCUT2D eigenvalue weighted by atomic mass is 9.79. The maximum atomic E-state index is 13.2. The zero-order valence-corrected chi connectivity index (χ0v) is 31.2. The van der Waals surface area contributed by atoms with E-state index in [-0.39, 0.29) is 23.8 Å². The van der Waals surface area contributed by atoms with E-state index < -0.39 is 0 Å². The summed E-state index contributed by atoms with van der Waals surface area (Å²) in [6, 6.07) is 14.1. The van der Waals surface area contributed by atoms with Crippen LogP contribution in [0.5, 0.6) is 5.75 Å². The van der Waals surface area contributed by atoms with E-state index >= 15 is 0 Å². The monoisotopic (exact) mass is 704 g/mol. The predicted molar refractivity (Wildman–Crippen MR) is 209 cm³/mol. The molecule has 11 heteroatoms. The number of methoxy groups -OCH3 is 2. The van der Waals surface area contributed by atoms with Crippen molar-refractivity contribution in [3.05, 3.63) is 81.7 Å². The molecule has 0 bridgehead atoms. The summed E-state index contributed by atoms with van der Waals surface area (Å²) >= 11 is 0. The summed E-state index contributed by atoms with van der Waals surface area (Å²) < 4.78 is 13.0. The number of carbonyl (C=O) groups excluding carboxylic acids is 1. The van der Waals surface area contributed by atoms with Crippen molar-refractivity contribution in [1.82, 2.24) is 20.0 Å². The maximum absolute atomic E-state index is 13.2. The van der Waals surface area contributed by atoms with Gasteiger partial charge in [-0.05, 0) is 78.5 Å². The summed E-state index contributed by atoms with van der Waals surface area (Å²) in [5.41, 5.74) is 9.67. The topological polar surface area (TPSA) is 130 Å². The molecule has 1 amide bonds. The quantitative estimate of drug-likeness (QED) is 0.216. The summed E-state index contributed by atoms with van der Waals surface area (Å²) in [5, 5.41) is 16.1. The van der Waals surface area contributed by atoms with Gasteiger partial charge in [-0.2, -0.15) is 5.10 Å². The van der Waals surface area contributed by atoms with E-state index in [1.807, 2.05) is 36.3 Å². The van der Waals surface area contributed by atoms with Gasteiger partial charge in [-0.15, -0.1) is 0 Å². The lowest BCUT2D eigenvalue weighted by Crippen LogP contribution is -2.45. The smallest absolute Gasteiger partial charge is 0.251 e. The molecule has 274 valence electrons. The molecule has 1 fully saturated rings. The van der Waals surface area contributed by atoms with Gasteiger partial charge in [0.05, 0.1) is 31.0 Å². The minimum Gasteiger partial charge on any atom is -0.494 e. The van der Waals surface area contributed by atoms with Crippen LogP contribution in [0.1, 0.15) is 83.4 Å². The third-order valence-corrected chi connectivity index (χ3v) is 10.6. The first-order valence-corrected chi connectivity index (χ1v) is 18.4. The number of aliphatic imine (C=N–C) groups is 3. The molecule has 1 aromatic heterocycles. The number of amides is 1. The van der Waals surface area contributed by atoms with E-state index in [1.54, 1.807) is 27.3 Å². The van der Waals surface area contributed by atoms with Crippen LogP contribution in [0, 0.1) is 11.3 Å². The van der Waals surface area contributed by atoms with Gasteiger partial charge in [0.25, 0.3) is 5.91 Å². The molecule has 1 saturated heterocycles. The van der Waals surface area contributed by atoms with Crippen molar-refractivity contribution in [3.8, 4) is 5.75 Å². The van der Waals surface area contributed by atoms with Gasteiger partial charge in [0.1, 0.15) is 17.3 Å². The number of fused-ring (bicyclic) bond motifs is 2. The van der Waals surface area contributed by atoms with Crippen LogP contribution in [0.4, 0.5) is 5.69 Å². The van der Waals surface area contributed by atoms with Crippen molar-refractivity contribution in [3.63, 3.8) is 0 Å². The second-order valence-electron chi connectivity index (χ2n) is 14.0. The number of benzene rings is 2. The Bertz CT molecular complexity index is 1880. The first-order valence-electron chi connectivity index (χ1n) is 18.4. The third kappa shape index (κ3) is 8.48. The molecule has 2 unspecified atom stereocenters. The van der Waals surface area contributed by atoms with Crippen LogP contribution in [-0.2, 0) is 24.6 Å². The number of carbonyl (C=O) groups is 1. The molecule has 2 aromatic carbocycles. The van der Waals surface area contributed by atoms with Gasteiger partial charge in [0, 0.05) is 89.5 Å². The van der Waals surface area contributed by atoms with Gasteiger partial charge in [-0.25, -0.2) is 9.98 Å². The average Bonchev–Trinajstić information content (AvgIpc) is 3.47. The van der Waals surface area contributed by atoms with Gasteiger partial charge >= 0.3 is 0 Å². The number of piperidine rings is 1. The highest BCUT2D eigenvalue weighted by atomic mass is 16.5. The van der Waals surface area contributed by atoms with Crippen LogP contribution in [-0.4, -0.2) is 98.6 Å². The average molecular weight is 705 g/mol. The predicted octanol–water partition coefficient (Wildman–Crippen LogP) is 6.22. The standard InChI is InChI=1S/C41H52N8O3/c1-27-9-14-38(46-34-12-10-30(23-37(34)52-5)41(50)45-33-15-17-49(18-16-33)19-20-51-4)44-26-31-11-13-35-40(39(27)31)36(48(3)47-35)22-28-7-6-8-29(21-28)32(24-42)25-43-2/h6-8,10,12,21,23-27,32-33,42H,9,11,13-20,22H2,1-5H3,(H,45,50). The number of aromatic nitrogens is 2. The minimum atomic E-state index is -0.139. The Morgan fingerprint density at radius 1 is 1.12 bits per heavy atom. The zero-order valence-electron chi connectivity index (χ0n) is 31.2. The van der Waals surface area contributed by atoms with Gasteiger partial charge in [0.2, 0.25) is 0 Å². The van der Waals surface area contributed by atoms with E-state index in [1.165, 1.54) is 34.2 Å². The van der Waals surface area contributed by atoms with Crippen LogP contribution >= 0.6 is 0 Å². The molecular formula is C41H52N8O3. The molecular weight excluding hydrogens is 653 g/mol. The molecule has 6 rings (SSSR count). The number of amidine groups is 1. The van der Waals surface area contributed by atoms with Gasteiger partial charge < -0.3 is 25.1 Å². The maximum Gasteiger partial charge on any atom is 0.251 e. The molecule has 3 aliphatic rings. The highest BCUT2D eigenvalue weighted by molar-refractivity contribution is 6.02. The Kier molecular flexibility index (Phi) is 12.2. The molecule has 2 N–H and O–H groups in total. The molecule has 0 spiro atoms. The number of nitrogens with zero attached hydrogens (tertiary/aromatic N) is 6. The number of hydrogen-bond acceptors (Lipinski definition) is 8. The SMILES string of the molecule is CN=CC(C=N)c1cccc(Cc2c3c(nn2C)CCC2=C3C(C)CCC(=Nc3ccc(C(=O)NC4CCN(CCOC)CC4)cc3OC)N=C2)c1. The fourth-order valence-electron chi connectivity index (χ4n) is 7.68. The molecule has 3 heterocycles. The molecule has 3 aromatic rings. The second kappa shape index (κ2) is 17.2. The molecule has 11 nitrogen and oxygen atoms in total. The summed E-state index contributed by atoms with van der Waals surface area (Å²) in [6.45, 7) is 5.85. The lowest BCUT2D eigenvalue weighted by Gasteiger charge is -2.32. The molecule has 2 atom stereocenters. The first-order chi connectivity index (χ1) is 25.3. The number of allylic oxidation sites excluding steroid dienone is 2. The van der Waals surface area contributed by atoms with Crippen molar-refractivity contribution in [2.45, 2.75) is 63.8 Å². The Morgan fingerprint density at radius 3 is 2.69 bits per heavy atom. The first kappa shape index (κ1) is 37.0. The number of ether oxygens (including phenoxy) is 2. The number of nitrogens with one attached hydrogen (secondary N) is 2.